The number of ether oxygens (including phenoxy) is 1. The van der Waals surface area contributed by atoms with Gasteiger partial charge >= 0.3 is 0 Å². The first kappa shape index (κ1) is 16.1. The molecule has 2 rings (SSSR count). The van der Waals surface area contributed by atoms with Gasteiger partial charge in [-0.05, 0) is 32.1 Å². The second-order valence-electron chi connectivity index (χ2n) is 5.59. The van der Waals surface area contributed by atoms with Crippen molar-refractivity contribution in [1.29, 1.82) is 0 Å². The zero-order valence-corrected chi connectivity index (χ0v) is 13.6. The lowest BCUT2D eigenvalue weighted by Crippen LogP contribution is -2.43. The average Bonchev–Trinajstić information content (AvgIpc) is 2.55. The quantitative estimate of drug-likeness (QED) is 0.833. The molecule has 1 aliphatic rings. The Hall–Kier alpha value is -1.26. The highest BCUT2D eigenvalue weighted by atomic mass is 16.5. The van der Waals surface area contributed by atoms with E-state index in [9.17, 15) is 0 Å². The van der Waals surface area contributed by atoms with Crippen LogP contribution in [0.1, 0.15) is 20.8 Å². The van der Waals surface area contributed by atoms with E-state index in [1.165, 1.54) is 5.69 Å². The fourth-order valence-electron chi connectivity index (χ4n) is 2.91. The minimum absolute atomic E-state index is 0.441. The normalized spacial score (nSPS) is 17.0. The summed E-state index contributed by atoms with van der Waals surface area (Å²) in [6.45, 7) is 13.7. The molecule has 0 unspecified atom stereocenters. The van der Waals surface area contributed by atoms with E-state index in [1.807, 2.05) is 0 Å². The third-order valence-corrected chi connectivity index (χ3v) is 4.24. The monoisotopic (exact) mass is 291 g/mol. The third kappa shape index (κ3) is 4.35. The van der Waals surface area contributed by atoms with Crippen LogP contribution in [0.3, 0.4) is 0 Å². The van der Waals surface area contributed by atoms with E-state index in [4.69, 9.17) is 4.74 Å². The summed E-state index contributed by atoms with van der Waals surface area (Å²) in [4.78, 5) is 4.83. The van der Waals surface area contributed by atoms with Crippen LogP contribution >= 0.6 is 0 Å². The lowest BCUT2D eigenvalue weighted by atomic mass is 10.2. The molecule has 1 aliphatic heterocycles. The van der Waals surface area contributed by atoms with Gasteiger partial charge in [-0.1, -0.05) is 26.0 Å². The van der Waals surface area contributed by atoms with E-state index in [0.717, 1.165) is 51.6 Å². The van der Waals surface area contributed by atoms with Gasteiger partial charge in [-0.3, -0.25) is 4.90 Å². The van der Waals surface area contributed by atoms with Crippen molar-refractivity contribution >= 4 is 5.69 Å². The highest BCUT2D eigenvalue weighted by Gasteiger charge is 2.16. The second-order valence-corrected chi connectivity index (χ2v) is 5.59. The largest absolute Gasteiger partial charge is 0.490 e. The fraction of sp³-hybridized carbons (Fsp3) is 0.647. The molecular formula is C17H29N3O. The lowest BCUT2D eigenvalue weighted by molar-refractivity contribution is 0.158. The summed E-state index contributed by atoms with van der Waals surface area (Å²) in [5.74, 6) is 1.01. The number of nitrogens with zero attached hydrogens (tertiary/aromatic N) is 2. The molecule has 0 aromatic heterocycles. The molecule has 0 saturated carbocycles. The van der Waals surface area contributed by atoms with Crippen molar-refractivity contribution in [3.8, 4) is 5.75 Å². The minimum Gasteiger partial charge on any atom is -0.490 e. The Bertz CT molecular complexity index is 414. The number of para-hydroxylation sites is 2. The molecule has 1 heterocycles. The summed E-state index contributed by atoms with van der Waals surface area (Å²) in [6.07, 6.45) is 0. The molecule has 118 valence electrons. The predicted octanol–water partition coefficient (Wildman–Crippen LogP) is 2.21. The maximum atomic E-state index is 6.13. The molecule has 0 radical (unpaired) electrons. The number of rotatable bonds is 7. The number of hydrogen-bond acceptors (Lipinski definition) is 4. The van der Waals surface area contributed by atoms with E-state index >= 15 is 0 Å². The van der Waals surface area contributed by atoms with Crippen LogP contribution in [0, 0.1) is 0 Å². The van der Waals surface area contributed by atoms with Gasteiger partial charge in [0.1, 0.15) is 12.4 Å². The molecule has 1 N–H and O–H groups in total. The van der Waals surface area contributed by atoms with E-state index in [0.29, 0.717) is 6.04 Å². The van der Waals surface area contributed by atoms with Crippen LogP contribution in [0.5, 0.6) is 5.75 Å². The Balaban J connectivity index is 1.99. The summed E-state index contributed by atoms with van der Waals surface area (Å²) >= 11 is 0. The van der Waals surface area contributed by atoms with Crippen LogP contribution in [0.2, 0.25) is 0 Å². The van der Waals surface area contributed by atoms with Crippen LogP contribution in [-0.2, 0) is 0 Å². The number of likely N-dealkylation sites (N-methyl/N-ethyl adjacent to an activating group) is 1. The molecule has 0 spiro atoms. The van der Waals surface area contributed by atoms with Gasteiger partial charge in [-0.25, -0.2) is 0 Å². The van der Waals surface area contributed by atoms with Crippen molar-refractivity contribution < 1.29 is 4.74 Å². The molecule has 4 heteroatoms. The number of anilines is 1. The summed E-state index contributed by atoms with van der Waals surface area (Å²) in [7, 11) is 0. The second kappa shape index (κ2) is 8.25. The number of nitrogens with one attached hydrogen (secondary N) is 1. The summed E-state index contributed by atoms with van der Waals surface area (Å²) in [6, 6.07) is 8.85. The zero-order valence-electron chi connectivity index (χ0n) is 13.6. The van der Waals surface area contributed by atoms with Gasteiger partial charge in [0.25, 0.3) is 0 Å². The van der Waals surface area contributed by atoms with Crippen molar-refractivity contribution in [1.82, 2.24) is 10.2 Å². The van der Waals surface area contributed by atoms with Crippen molar-refractivity contribution in [2.45, 2.75) is 26.8 Å². The first-order chi connectivity index (χ1) is 10.3. The van der Waals surface area contributed by atoms with Gasteiger partial charge in [0.05, 0.1) is 5.69 Å². The SMILES string of the molecule is CCN(CC)[C@H](C)COc1ccccc1N1CCNCC1. The Morgan fingerprint density at radius 3 is 2.52 bits per heavy atom. The molecule has 0 bridgehead atoms. The Kier molecular flexibility index (Phi) is 6.33. The summed E-state index contributed by atoms with van der Waals surface area (Å²) < 4.78 is 6.13. The first-order valence-electron chi connectivity index (χ1n) is 8.17. The lowest BCUT2D eigenvalue weighted by Gasteiger charge is -2.31. The van der Waals surface area contributed by atoms with Gasteiger partial charge < -0.3 is 15.0 Å². The van der Waals surface area contributed by atoms with Crippen molar-refractivity contribution in [2.75, 3.05) is 50.8 Å². The molecule has 0 amide bonds. The van der Waals surface area contributed by atoms with Crippen LogP contribution in [0.15, 0.2) is 24.3 Å². The van der Waals surface area contributed by atoms with E-state index < -0.39 is 0 Å². The smallest absolute Gasteiger partial charge is 0.142 e. The van der Waals surface area contributed by atoms with Crippen LogP contribution in [-0.4, -0.2) is 56.8 Å². The topological polar surface area (TPSA) is 27.7 Å². The van der Waals surface area contributed by atoms with Crippen LogP contribution in [0.25, 0.3) is 0 Å². The van der Waals surface area contributed by atoms with Crippen molar-refractivity contribution in [3.63, 3.8) is 0 Å². The van der Waals surface area contributed by atoms with Crippen LogP contribution in [0.4, 0.5) is 5.69 Å². The molecule has 1 atom stereocenters. The molecule has 1 fully saturated rings. The minimum atomic E-state index is 0.441. The number of benzene rings is 1. The third-order valence-electron chi connectivity index (χ3n) is 4.24. The van der Waals surface area contributed by atoms with Crippen molar-refractivity contribution in [2.24, 2.45) is 0 Å². The van der Waals surface area contributed by atoms with Gasteiger partial charge in [0, 0.05) is 32.2 Å². The van der Waals surface area contributed by atoms with E-state index in [1.54, 1.807) is 0 Å². The molecule has 4 nitrogen and oxygen atoms in total. The zero-order chi connectivity index (χ0) is 15.1. The van der Waals surface area contributed by atoms with Crippen LogP contribution < -0.4 is 15.0 Å². The van der Waals surface area contributed by atoms with Gasteiger partial charge in [0.2, 0.25) is 0 Å². The summed E-state index contributed by atoms with van der Waals surface area (Å²) in [5.41, 5.74) is 1.23. The van der Waals surface area contributed by atoms with Crippen molar-refractivity contribution in [3.05, 3.63) is 24.3 Å². The van der Waals surface area contributed by atoms with Gasteiger partial charge in [-0.2, -0.15) is 0 Å². The standard InChI is InChI=1S/C17H29N3O/c1-4-19(5-2)15(3)14-21-17-9-7-6-8-16(17)20-12-10-18-11-13-20/h6-9,15,18H,4-5,10-14H2,1-3H3/t15-/m1/s1. The van der Waals surface area contributed by atoms with Gasteiger partial charge in [-0.15, -0.1) is 0 Å². The molecule has 0 aliphatic carbocycles. The average molecular weight is 291 g/mol. The Labute approximate surface area is 129 Å². The highest BCUT2D eigenvalue weighted by molar-refractivity contribution is 5.58. The molecule has 1 aromatic carbocycles. The number of piperazine rings is 1. The van der Waals surface area contributed by atoms with Gasteiger partial charge in [0.15, 0.2) is 0 Å². The maximum absolute atomic E-state index is 6.13. The number of hydrogen-bond donors (Lipinski definition) is 1. The molecule has 1 saturated heterocycles. The Morgan fingerprint density at radius 1 is 1.19 bits per heavy atom. The fourth-order valence-corrected chi connectivity index (χ4v) is 2.91. The summed E-state index contributed by atoms with van der Waals surface area (Å²) in [5, 5.41) is 3.40. The highest BCUT2D eigenvalue weighted by Crippen LogP contribution is 2.28. The maximum Gasteiger partial charge on any atom is 0.142 e. The molecule has 21 heavy (non-hydrogen) atoms. The van der Waals surface area contributed by atoms with E-state index in [-0.39, 0.29) is 0 Å². The first-order valence-corrected chi connectivity index (χ1v) is 8.17. The molecular weight excluding hydrogens is 262 g/mol. The van der Waals surface area contributed by atoms with E-state index in [2.05, 4.69) is 60.2 Å². The predicted molar refractivity (Wildman–Crippen MR) is 89.4 cm³/mol. The Morgan fingerprint density at radius 2 is 1.86 bits per heavy atom. The molecule has 1 aromatic rings.